The van der Waals surface area contributed by atoms with Crippen LogP contribution >= 0.6 is 11.8 Å². The van der Waals surface area contributed by atoms with Crippen LogP contribution in [0.15, 0.2) is 41.3 Å². The van der Waals surface area contributed by atoms with Gasteiger partial charge in [-0.25, -0.2) is 4.79 Å². The molecule has 2 heterocycles. The number of rotatable bonds is 4. The van der Waals surface area contributed by atoms with E-state index in [1.54, 1.807) is 48.2 Å². The molecule has 0 radical (unpaired) electrons. The van der Waals surface area contributed by atoms with Gasteiger partial charge in [-0.15, -0.1) is 11.8 Å². The van der Waals surface area contributed by atoms with Gasteiger partial charge in [0.15, 0.2) is 23.9 Å². The summed E-state index contributed by atoms with van der Waals surface area (Å²) in [6.07, 6.45) is 0.420. The molecule has 7 nitrogen and oxygen atoms in total. The van der Waals surface area contributed by atoms with E-state index in [-0.39, 0.29) is 17.3 Å². The molecule has 144 valence electrons. The number of Topliss-reactive ketones (excluding diaryl/α,β-unsaturated/α-hetero) is 1. The predicted octanol–water partition coefficient (Wildman–Crippen LogP) is 2.93. The van der Waals surface area contributed by atoms with E-state index in [0.29, 0.717) is 48.1 Å². The Morgan fingerprint density at radius 2 is 1.82 bits per heavy atom. The van der Waals surface area contributed by atoms with Gasteiger partial charge in [0.25, 0.3) is 0 Å². The lowest BCUT2D eigenvalue weighted by molar-refractivity contribution is -0.115. The van der Waals surface area contributed by atoms with Gasteiger partial charge in [-0.1, -0.05) is 0 Å². The van der Waals surface area contributed by atoms with Crippen molar-refractivity contribution in [2.45, 2.75) is 11.3 Å². The lowest BCUT2D eigenvalue weighted by Gasteiger charge is -2.18. The molecule has 8 heteroatoms. The summed E-state index contributed by atoms with van der Waals surface area (Å²) in [7, 11) is 0. The average Bonchev–Trinajstić information content (AvgIpc) is 2.91. The predicted molar refractivity (Wildman–Crippen MR) is 102 cm³/mol. The van der Waals surface area contributed by atoms with Crippen LogP contribution < -0.4 is 14.8 Å². The Balaban J connectivity index is 1.41. The molecule has 0 unspecified atom stereocenters. The number of benzene rings is 2. The maximum absolute atomic E-state index is 12.4. The molecule has 0 saturated carbocycles. The van der Waals surface area contributed by atoms with Crippen molar-refractivity contribution < 1.29 is 28.6 Å². The number of thioether (sulfide) groups is 1. The van der Waals surface area contributed by atoms with E-state index in [1.807, 2.05) is 0 Å². The number of hydrogen-bond donors (Lipinski definition) is 1. The van der Waals surface area contributed by atoms with E-state index in [9.17, 15) is 14.4 Å². The third-order valence-electron chi connectivity index (χ3n) is 4.27. The summed E-state index contributed by atoms with van der Waals surface area (Å²) in [6, 6.07) is 9.82. The third kappa shape index (κ3) is 3.96. The highest BCUT2D eigenvalue weighted by atomic mass is 32.2. The molecule has 1 N–H and O–H groups in total. The Bertz CT molecular complexity index is 958. The van der Waals surface area contributed by atoms with E-state index >= 15 is 0 Å². The SMILES string of the molecule is O=C1CCSc2ccc(C(=O)OCC(=O)c3ccc4c(c3)OCCO4)cc2N1. The zero-order valence-corrected chi connectivity index (χ0v) is 15.7. The summed E-state index contributed by atoms with van der Waals surface area (Å²) in [6.45, 7) is 0.501. The largest absolute Gasteiger partial charge is 0.486 e. The van der Waals surface area contributed by atoms with Crippen LogP contribution in [0.2, 0.25) is 0 Å². The van der Waals surface area contributed by atoms with Gasteiger partial charge in [0.1, 0.15) is 13.2 Å². The summed E-state index contributed by atoms with van der Waals surface area (Å²) in [4.78, 5) is 37.3. The third-order valence-corrected chi connectivity index (χ3v) is 5.35. The fourth-order valence-corrected chi connectivity index (χ4v) is 3.80. The smallest absolute Gasteiger partial charge is 0.338 e. The molecule has 0 saturated heterocycles. The molecule has 0 aromatic heterocycles. The number of esters is 1. The van der Waals surface area contributed by atoms with Crippen LogP contribution in [0, 0.1) is 0 Å². The fourth-order valence-electron chi connectivity index (χ4n) is 2.86. The van der Waals surface area contributed by atoms with Crippen LogP contribution in [-0.2, 0) is 9.53 Å². The summed E-state index contributed by atoms with van der Waals surface area (Å²) in [5, 5.41) is 2.78. The molecule has 28 heavy (non-hydrogen) atoms. The molecule has 0 fully saturated rings. The quantitative estimate of drug-likeness (QED) is 0.624. The molecule has 1 amide bonds. The second-order valence-corrected chi connectivity index (χ2v) is 7.35. The Morgan fingerprint density at radius 1 is 1.04 bits per heavy atom. The van der Waals surface area contributed by atoms with Crippen molar-refractivity contribution >= 4 is 35.1 Å². The van der Waals surface area contributed by atoms with Crippen molar-refractivity contribution in [3.05, 3.63) is 47.5 Å². The number of carbonyl (C=O) groups is 3. The number of anilines is 1. The van der Waals surface area contributed by atoms with Gasteiger partial charge in [0.2, 0.25) is 5.91 Å². The molecule has 2 aromatic rings. The molecule has 0 spiro atoms. The van der Waals surface area contributed by atoms with Crippen molar-refractivity contribution in [3.63, 3.8) is 0 Å². The van der Waals surface area contributed by atoms with E-state index < -0.39 is 12.6 Å². The number of carbonyl (C=O) groups excluding carboxylic acids is 3. The van der Waals surface area contributed by atoms with E-state index in [1.165, 1.54) is 0 Å². The van der Waals surface area contributed by atoms with Gasteiger partial charge in [-0.3, -0.25) is 9.59 Å². The highest BCUT2D eigenvalue weighted by Gasteiger charge is 2.19. The molecule has 2 aromatic carbocycles. The Labute approximate surface area is 165 Å². The molecule has 4 rings (SSSR count). The van der Waals surface area contributed by atoms with Gasteiger partial charge < -0.3 is 19.5 Å². The highest BCUT2D eigenvalue weighted by molar-refractivity contribution is 7.99. The second kappa shape index (κ2) is 7.93. The van der Waals surface area contributed by atoms with Gasteiger partial charge >= 0.3 is 5.97 Å². The molecular weight excluding hydrogens is 382 g/mol. The van der Waals surface area contributed by atoms with Gasteiger partial charge in [-0.2, -0.15) is 0 Å². The Kier molecular flexibility index (Phi) is 5.21. The van der Waals surface area contributed by atoms with E-state index in [2.05, 4.69) is 5.32 Å². The first kappa shape index (κ1) is 18.4. The number of amides is 1. The number of nitrogens with one attached hydrogen (secondary N) is 1. The number of ketones is 1. The summed E-state index contributed by atoms with van der Waals surface area (Å²) in [5.41, 5.74) is 1.24. The Hall–Kier alpha value is -3.00. The number of ether oxygens (including phenoxy) is 3. The van der Waals surface area contributed by atoms with Crippen LogP contribution in [0.3, 0.4) is 0 Å². The van der Waals surface area contributed by atoms with Crippen molar-refractivity contribution in [1.82, 2.24) is 0 Å². The monoisotopic (exact) mass is 399 g/mol. The van der Waals surface area contributed by atoms with E-state index in [4.69, 9.17) is 14.2 Å². The maximum Gasteiger partial charge on any atom is 0.338 e. The lowest BCUT2D eigenvalue weighted by Crippen LogP contribution is -2.17. The second-order valence-electron chi connectivity index (χ2n) is 6.22. The van der Waals surface area contributed by atoms with Crippen molar-refractivity contribution in [1.29, 1.82) is 0 Å². The minimum absolute atomic E-state index is 0.0921. The highest BCUT2D eigenvalue weighted by Crippen LogP contribution is 2.32. The van der Waals surface area contributed by atoms with Gasteiger partial charge in [0, 0.05) is 22.6 Å². The molecule has 0 bridgehead atoms. The lowest BCUT2D eigenvalue weighted by atomic mass is 10.1. The maximum atomic E-state index is 12.4. The first-order valence-corrected chi connectivity index (χ1v) is 9.75. The zero-order chi connectivity index (χ0) is 19.5. The van der Waals surface area contributed by atoms with Gasteiger partial charge in [-0.05, 0) is 36.4 Å². The van der Waals surface area contributed by atoms with Crippen molar-refractivity contribution in [2.24, 2.45) is 0 Å². The van der Waals surface area contributed by atoms with Crippen molar-refractivity contribution in [3.8, 4) is 11.5 Å². The van der Waals surface area contributed by atoms with Gasteiger partial charge in [0.05, 0.1) is 11.3 Å². The van der Waals surface area contributed by atoms with Crippen molar-refractivity contribution in [2.75, 3.05) is 30.9 Å². The zero-order valence-electron chi connectivity index (χ0n) is 14.9. The van der Waals surface area contributed by atoms with Crippen LogP contribution in [0.5, 0.6) is 11.5 Å². The minimum atomic E-state index is -0.628. The standard InChI is InChI=1S/C20H17NO6S/c22-15(12-1-3-16-17(10-12)26-7-6-25-16)11-27-20(24)13-2-4-18-14(9-13)21-19(23)5-8-28-18/h1-4,9-10H,5-8,11H2,(H,21,23). The van der Waals surface area contributed by atoms with Crippen LogP contribution in [0.25, 0.3) is 0 Å². The molecule has 2 aliphatic heterocycles. The summed E-state index contributed by atoms with van der Waals surface area (Å²) >= 11 is 1.55. The topological polar surface area (TPSA) is 90.9 Å². The fraction of sp³-hybridized carbons (Fsp3) is 0.250. The molecule has 0 atom stereocenters. The number of fused-ring (bicyclic) bond motifs is 2. The molecular formula is C20H17NO6S. The van der Waals surface area contributed by atoms with Crippen LogP contribution in [0.4, 0.5) is 5.69 Å². The Morgan fingerprint density at radius 3 is 2.68 bits per heavy atom. The van der Waals surface area contributed by atoms with Crippen LogP contribution in [0.1, 0.15) is 27.1 Å². The number of hydrogen-bond acceptors (Lipinski definition) is 7. The first-order valence-electron chi connectivity index (χ1n) is 8.77. The normalized spacial score (nSPS) is 15.1. The minimum Gasteiger partial charge on any atom is -0.486 e. The average molecular weight is 399 g/mol. The molecule has 2 aliphatic rings. The molecule has 0 aliphatic carbocycles. The van der Waals surface area contributed by atoms with E-state index in [0.717, 1.165) is 4.90 Å². The summed E-state index contributed by atoms with van der Waals surface area (Å²) in [5.74, 6) is 0.714. The summed E-state index contributed by atoms with van der Waals surface area (Å²) < 4.78 is 16.0. The van der Waals surface area contributed by atoms with Crippen LogP contribution in [-0.4, -0.2) is 43.2 Å². The first-order chi connectivity index (χ1) is 13.6.